The summed E-state index contributed by atoms with van der Waals surface area (Å²) in [4.78, 5) is 14.1. The summed E-state index contributed by atoms with van der Waals surface area (Å²) in [5.74, 6) is 1.82. The van der Waals surface area contributed by atoms with Crippen LogP contribution in [-0.2, 0) is 17.8 Å². The van der Waals surface area contributed by atoms with Gasteiger partial charge in [0.15, 0.2) is 0 Å². The number of nitrogens with one attached hydrogen (secondary N) is 2. The molecule has 2 aromatic rings. The van der Waals surface area contributed by atoms with E-state index in [1.807, 2.05) is 11.3 Å². The van der Waals surface area contributed by atoms with Crippen LogP contribution in [-0.4, -0.2) is 18.0 Å². The minimum atomic E-state index is -0.0698. The van der Waals surface area contributed by atoms with Crippen molar-refractivity contribution in [1.29, 1.82) is 0 Å². The molecular weight excluding hydrogens is 304 g/mol. The molecule has 5 rings (SSSR count). The van der Waals surface area contributed by atoms with Crippen molar-refractivity contribution < 1.29 is 4.79 Å². The highest BCUT2D eigenvalue weighted by atomic mass is 32.1. The summed E-state index contributed by atoms with van der Waals surface area (Å²) in [7, 11) is 0. The minimum absolute atomic E-state index is 0.0698. The number of rotatable bonds is 2. The molecule has 2 aliphatic carbocycles. The highest BCUT2D eigenvalue weighted by Crippen LogP contribution is 2.44. The van der Waals surface area contributed by atoms with Crippen LogP contribution in [0, 0.1) is 11.8 Å². The Hall–Kier alpha value is -1.39. The summed E-state index contributed by atoms with van der Waals surface area (Å²) in [5.41, 5.74) is 1.39. The van der Waals surface area contributed by atoms with Crippen LogP contribution in [0.4, 0.5) is 0 Å². The predicted molar refractivity (Wildman–Crippen MR) is 93.5 cm³/mol. The standard InChI is InChI=1S/C19H22N2OS/c22-19(21-15-8-11-5-6-12(15)7-11)16-9-14-13-3-1-2-4-17(13)23-18(14)10-20-16/h1-4,11-12,15-16,20H,5-10H2,(H,21,22)/t11?,12?,15?,16-/m1/s1. The third kappa shape index (κ3) is 2.31. The molecule has 3 nitrogen and oxygen atoms in total. The van der Waals surface area contributed by atoms with E-state index in [2.05, 4.69) is 34.9 Å². The van der Waals surface area contributed by atoms with E-state index in [0.717, 1.165) is 24.8 Å². The van der Waals surface area contributed by atoms with Gasteiger partial charge in [0.1, 0.15) is 0 Å². The molecule has 23 heavy (non-hydrogen) atoms. The summed E-state index contributed by atoms with van der Waals surface area (Å²) < 4.78 is 1.34. The molecule has 1 aromatic heterocycles. The predicted octanol–water partition coefficient (Wildman–Crippen LogP) is 3.22. The van der Waals surface area contributed by atoms with Gasteiger partial charge in [0.05, 0.1) is 6.04 Å². The van der Waals surface area contributed by atoms with Crippen molar-refractivity contribution in [3.63, 3.8) is 0 Å². The summed E-state index contributed by atoms with van der Waals surface area (Å²) in [6, 6.07) is 8.94. The van der Waals surface area contributed by atoms with Crippen LogP contribution in [0.25, 0.3) is 10.1 Å². The maximum Gasteiger partial charge on any atom is 0.237 e. The lowest BCUT2D eigenvalue weighted by atomic mass is 9.94. The lowest BCUT2D eigenvalue weighted by Gasteiger charge is -2.28. The van der Waals surface area contributed by atoms with Crippen molar-refractivity contribution in [3.8, 4) is 0 Å². The molecule has 0 spiro atoms. The summed E-state index contributed by atoms with van der Waals surface area (Å²) in [5, 5.41) is 8.15. The van der Waals surface area contributed by atoms with Crippen LogP contribution >= 0.6 is 11.3 Å². The minimum Gasteiger partial charge on any atom is -0.352 e. The van der Waals surface area contributed by atoms with Gasteiger partial charge in [-0.2, -0.15) is 0 Å². The number of hydrogen-bond acceptors (Lipinski definition) is 3. The molecule has 1 aliphatic heterocycles. The average Bonchev–Trinajstić information content (AvgIpc) is 3.27. The van der Waals surface area contributed by atoms with Crippen LogP contribution in [0.3, 0.4) is 0 Å². The number of fused-ring (bicyclic) bond motifs is 5. The topological polar surface area (TPSA) is 41.1 Å². The SMILES string of the molecule is O=C(NC1CC2CCC1C2)[C@H]1Cc2c(sc3ccccc23)CN1. The zero-order chi connectivity index (χ0) is 15.4. The van der Waals surface area contributed by atoms with E-state index < -0.39 is 0 Å². The molecule has 2 heterocycles. The lowest BCUT2D eigenvalue weighted by Crippen LogP contribution is -2.51. The van der Waals surface area contributed by atoms with Crippen LogP contribution < -0.4 is 10.6 Å². The Labute approximate surface area is 140 Å². The van der Waals surface area contributed by atoms with E-state index >= 15 is 0 Å². The van der Waals surface area contributed by atoms with E-state index in [0.29, 0.717) is 6.04 Å². The fraction of sp³-hybridized carbons (Fsp3) is 0.526. The second-order valence-electron chi connectivity index (χ2n) is 7.43. The molecule has 120 valence electrons. The van der Waals surface area contributed by atoms with Crippen molar-refractivity contribution in [2.24, 2.45) is 11.8 Å². The fourth-order valence-corrected chi connectivity index (χ4v) is 6.08. The van der Waals surface area contributed by atoms with Gasteiger partial charge in [-0.1, -0.05) is 24.6 Å². The molecule has 4 heteroatoms. The molecule has 3 unspecified atom stereocenters. The van der Waals surface area contributed by atoms with E-state index in [1.165, 1.54) is 46.2 Å². The molecular formula is C19H22N2OS. The van der Waals surface area contributed by atoms with Gasteiger partial charge < -0.3 is 10.6 Å². The zero-order valence-corrected chi connectivity index (χ0v) is 14.0. The van der Waals surface area contributed by atoms with Crippen molar-refractivity contribution in [2.45, 2.75) is 50.7 Å². The zero-order valence-electron chi connectivity index (χ0n) is 13.2. The Morgan fingerprint density at radius 3 is 2.96 bits per heavy atom. The van der Waals surface area contributed by atoms with Crippen LogP contribution in [0.2, 0.25) is 0 Å². The Balaban J connectivity index is 1.33. The maximum atomic E-state index is 12.7. The first-order valence-electron chi connectivity index (χ1n) is 8.81. The third-order valence-corrected chi connectivity index (χ3v) is 7.29. The van der Waals surface area contributed by atoms with E-state index in [4.69, 9.17) is 0 Å². The van der Waals surface area contributed by atoms with Gasteiger partial charge in [0.2, 0.25) is 5.91 Å². The molecule has 3 aliphatic rings. The smallest absolute Gasteiger partial charge is 0.237 e. The maximum absolute atomic E-state index is 12.7. The molecule has 2 N–H and O–H groups in total. The summed E-state index contributed by atoms with van der Waals surface area (Å²) >= 11 is 1.86. The summed E-state index contributed by atoms with van der Waals surface area (Å²) in [6.45, 7) is 0.823. The molecule has 2 fully saturated rings. The van der Waals surface area contributed by atoms with Crippen LogP contribution in [0.15, 0.2) is 24.3 Å². The Morgan fingerprint density at radius 2 is 2.13 bits per heavy atom. The third-order valence-electron chi connectivity index (χ3n) is 6.08. The van der Waals surface area contributed by atoms with Crippen molar-refractivity contribution in [1.82, 2.24) is 10.6 Å². The normalized spacial score (nSPS) is 32.2. The van der Waals surface area contributed by atoms with E-state index in [1.54, 1.807) is 0 Å². The largest absolute Gasteiger partial charge is 0.352 e. The van der Waals surface area contributed by atoms with Crippen molar-refractivity contribution in [2.75, 3.05) is 0 Å². The highest BCUT2D eigenvalue weighted by molar-refractivity contribution is 7.19. The van der Waals surface area contributed by atoms with Crippen molar-refractivity contribution >= 4 is 27.3 Å². The van der Waals surface area contributed by atoms with Gasteiger partial charge in [-0.15, -0.1) is 11.3 Å². The fourth-order valence-electron chi connectivity index (χ4n) is 4.90. The number of benzene rings is 1. The summed E-state index contributed by atoms with van der Waals surface area (Å²) in [6.07, 6.45) is 6.06. The molecule has 2 saturated carbocycles. The first-order chi connectivity index (χ1) is 11.3. The van der Waals surface area contributed by atoms with Gasteiger partial charge in [0, 0.05) is 22.2 Å². The average molecular weight is 326 g/mol. The molecule has 2 bridgehead atoms. The second kappa shape index (κ2) is 5.32. The van der Waals surface area contributed by atoms with E-state index in [9.17, 15) is 4.79 Å². The molecule has 0 radical (unpaired) electrons. The molecule has 1 amide bonds. The highest BCUT2D eigenvalue weighted by Gasteiger charge is 2.41. The second-order valence-corrected chi connectivity index (χ2v) is 8.56. The quantitative estimate of drug-likeness (QED) is 0.890. The van der Waals surface area contributed by atoms with Gasteiger partial charge in [0.25, 0.3) is 0 Å². The number of hydrogen-bond donors (Lipinski definition) is 2. The number of carbonyl (C=O) groups excluding carboxylic acids is 1. The first-order valence-corrected chi connectivity index (χ1v) is 9.62. The van der Waals surface area contributed by atoms with Gasteiger partial charge >= 0.3 is 0 Å². The Bertz CT molecular complexity index is 768. The number of thiophene rings is 1. The van der Waals surface area contributed by atoms with Crippen LogP contribution in [0.5, 0.6) is 0 Å². The van der Waals surface area contributed by atoms with Crippen molar-refractivity contribution in [3.05, 3.63) is 34.7 Å². The Morgan fingerprint density at radius 1 is 1.22 bits per heavy atom. The Kier molecular flexibility index (Phi) is 3.24. The monoisotopic (exact) mass is 326 g/mol. The lowest BCUT2D eigenvalue weighted by molar-refractivity contribution is -0.124. The van der Waals surface area contributed by atoms with Gasteiger partial charge in [-0.05, 0) is 54.5 Å². The van der Waals surface area contributed by atoms with Gasteiger partial charge in [-0.3, -0.25) is 4.79 Å². The van der Waals surface area contributed by atoms with Crippen LogP contribution in [0.1, 0.15) is 36.1 Å². The molecule has 4 atom stereocenters. The molecule has 0 saturated heterocycles. The first kappa shape index (κ1) is 14.0. The number of amides is 1. The van der Waals surface area contributed by atoms with Gasteiger partial charge in [-0.25, -0.2) is 0 Å². The molecule has 1 aromatic carbocycles. The van der Waals surface area contributed by atoms with E-state index in [-0.39, 0.29) is 11.9 Å². The number of carbonyl (C=O) groups is 1.